The van der Waals surface area contributed by atoms with Gasteiger partial charge in [-0.25, -0.2) is 8.37 Å². The summed E-state index contributed by atoms with van der Waals surface area (Å²) in [6, 6.07) is 0. The maximum Gasteiger partial charge on any atom is 0.399 e. The monoisotopic (exact) mass is 488 g/mol. The van der Waals surface area contributed by atoms with Crippen LogP contribution in [0.2, 0.25) is 0 Å². The molecule has 0 amide bonds. The zero-order chi connectivity index (χ0) is 24.9. The highest BCUT2D eigenvalue weighted by Gasteiger charge is 2.10. The molecule has 9 heteroatoms. The van der Waals surface area contributed by atoms with Gasteiger partial charge in [-0.15, -0.1) is 0 Å². The molecule has 0 rings (SSSR count). The lowest BCUT2D eigenvalue weighted by Gasteiger charge is -2.06. The Morgan fingerprint density at radius 3 is 1.22 bits per heavy atom. The second kappa shape index (κ2) is 30.7. The molecule has 0 aromatic heterocycles. The molecule has 0 heterocycles. The fraction of sp³-hybridized carbons (Fsp3) is 1.00. The Bertz CT molecular complexity index is 388. The van der Waals surface area contributed by atoms with Crippen molar-refractivity contribution in [3.05, 3.63) is 0 Å². The number of rotatable bonds is 20. The molecule has 0 aliphatic carbocycles. The van der Waals surface area contributed by atoms with Crippen LogP contribution in [-0.4, -0.2) is 69.5 Å². The van der Waals surface area contributed by atoms with Crippen molar-refractivity contribution >= 4 is 10.4 Å². The van der Waals surface area contributed by atoms with E-state index in [1.54, 1.807) is 0 Å². The quantitative estimate of drug-likeness (QED) is 0.216. The third-order valence-corrected chi connectivity index (χ3v) is 5.19. The van der Waals surface area contributed by atoms with E-state index in [0.717, 1.165) is 51.7 Å². The molecule has 0 aromatic rings. The molecule has 0 aliphatic rings. The first-order valence-electron chi connectivity index (χ1n) is 12.4. The molecule has 0 fully saturated rings. The molecule has 0 saturated carbocycles. The molecule has 0 saturated heterocycles. The topological polar surface area (TPSA) is 123 Å². The summed E-state index contributed by atoms with van der Waals surface area (Å²) in [5.74, 6) is 0. The Morgan fingerprint density at radius 1 is 0.625 bits per heavy atom. The van der Waals surface area contributed by atoms with Crippen molar-refractivity contribution in [1.29, 1.82) is 0 Å². The summed E-state index contributed by atoms with van der Waals surface area (Å²) in [5, 5.41) is 24.0. The highest BCUT2D eigenvalue weighted by atomic mass is 32.3. The van der Waals surface area contributed by atoms with Crippen LogP contribution in [0.5, 0.6) is 0 Å². The minimum Gasteiger partial charge on any atom is -0.394 e. The molecule has 32 heavy (non-hydrogen) atoms. The van der Waals surface area contributed by atoms with Crippen molar-refractivity contribution in [1.82, 2.24) is 0 Å². The first kappa shape index (κ1) is 36.3. The lowest BCUT2D eigenvalue weighted by atomic mass is 10.1. The van der Waals surface area contributed by atoms with Crippen LogP contribution < -0.4 is 0 Å². The Balaban J connectivity index is -0.000000626. The second-order valence-electron chi connectivity index (χ2n) is 7.39. The molecule has 0 bridgehead atoms. The summed E-state index contributed by atoms with van der Waals surface area (Å²) in [6.07, 6.45) is 12.3. The van der Waals surface area contributed by atoms with E-state index in [2.05, 4.69) is 13.8 Å². The van der Waals surface area contributed by atoms with Gasteiger partial charge >= 0.3 is 10.4 Å². The average molecular weight is 489 g/mol. The van der Waals surface area contributed by atoms with Crippen molar-refractivity contribution in [2.45, 2.75) is 111 Å². The summed E-state index contributed by atoms with van der Waals surface area (Å²) in [5.41, 5.74) is 0. The van der Waals surface area contributed by atoms with Gasteiger partial charge in [0.1, 0.15) is 6.10 Å². The predicted octanol–water partition coefficient (Wildman–Crippen LogP) is 4.36. The van der Waals surface area contributed by atoms with Crippen LogP contribution in [0.3, 0.4) is 0 Å². The Kier molecular flexibility index (Phi) is 34.8. The number of hydrogen-bond donors (Lipinski definition) is 3. The molecule has 3 N–H and O–H groups in total. The minimum absolute atomic E-state index is 0.241. The van der Waals surface area contributed by atoms with Crippen LogP contribution in [-0.2, 0) is 23.5 Å². The smallest absolute Gasteiger partial charge is 0.394 e. The molecule has 0 unspecified atom stereocenters. The number of unbranched alkanes of at least 4 members (excludes halogenated alkanes) is 10. The van der Waals surface area contributed by atoms with Crippen LogP contribution in [0.4, 0.5) is 0 Å². The van der Waals surface area contributed by atoms with Gasteiger partial charge in [0.15, 0.2) is 0 Å². The largest absolute Gasteiger partial charge is 0.399 e. The van der Waals surface area contributed by atoms with Gasteiger partial charge in [0.2, 0.25) is 0 Å². The molecule has 198 valence electrons. The standard InChI is InChI=1S/C16H34O4S.C4H10O.C3H8O3/c1-3-5-7-9-11-13-15-19-21(17,18)20-16-14-12-10-8-6-4-2;1-3-5-4-2;4-1-3(6)2-5/h3-16H2,1-2H3;3-4H2,1-2H3;3-6H,1-2H2. The molecule has 8 nitrogen and oxygen atoms in total. The number of hydrogen-bond acceptors (Lipinski definition) is 8. The first-order valence-corrected chi connectivity index (χ1v) is 13.7. The summed E-state index contributed by atoms with van der Waals surface area (Å²) in [4.78, 5) is 0. The predicted molar refractivity (Wildman–Crippen MR) is 130 cm³/mol. The van der Waals surface area contributed by atoms with Crippen LogP contribution in [0.25, 0.3) is 0 Å². The van der Waals surface area contributed by atoms with E-state index in [-0.39, 0.29) is 26.4 Å². The van der Waals surface area contributed by atoms with Crippen molar-refractivity contribution in [2.24, 2.45) is 0 Å². The van der Waals surface area contributed by atoms with E-state index in [9.17, 15) is 8.42 Å². The molecular weight excluding hydrogens is 436 g/mol. The molecule has 0 radical (unpaired) electrons. The highest BCUT2D eigenvalue weighted by Crippen LogP contribution is 2.08. The van der Waals surface area contributed by atoms with E-state index in [0.29, 0.717) is 0 Å². The lowest BCUT2D eigenvalue weighted by Crippen LogP contribution is -2.15. The van der Waals surface area contributed by atoms with Gasteiger partial charge in [0.25, 0.3) is 0 Å². The average Bonchev–Trinajstić information content (AvgIpc) is 2.78. The second-order valence-corrected chi connectivity index (χ2v) is 8.68. The summed E-state index contributed by atoms with van der Waals surface area (Å²) >= 11 is 0. The van der Waals surface area contributed by atoms with Gasteiger partial charge in [-0.05, 0) is 26.7 Å². The maximum absolute atomic E-state index is 11.5. The summed E-state index contributed by atoms with van der Waals surface area (Å²) in [7, 11) is -3.78. The molecular formula is C23H52O8S. The van der Waals surface area contributed by atoms with E-state index in [1.807, 2.05) is 13.8 Å². The van der Waals surface area contributed by atoms with E-state index in [4.69, 9.17) is 28.4 Å². The maximum atomic E-state index is 11.5. The molecule has 0 atom stereocenters. The van der Waals surface area contributed by atoms with Crippen molar-refractivity contribution in [3.8, 4) is 0 Å². The SMILES string of the molecule is CCCCCCCCOS(=O)(=O)OCCCCCCCC.CCOCC.OCC(O)CO. The van der Waals surface area contributed by atoms with Gasteiger partial charge in [-0.2, -0.15) is 8.42 Å². The van der Waals surface area contributed by atoms with Crippen molar-refractivity contribution in [3.63, 3.8) is 0 Å². The summed E-state index contributed by atoms with van der Waals surface area (Å²) < 4.78 is 37.4. The normalized spacial score (nSPS) is 11.0. The molecule has 0 aromatic carbocycles. The first-order chi connectivity index (χ1) is 15.3. The Hall–Kier alpha value is -0.290. The minimum atomic E-state index is -3.78. The Morgan fingerprint density at radius 2 is 0.969 bits per heavy atom. The van der Waals surface area contributed by atoms with Gasteiger partial charge in [-0.1, -0.05) is 78.1 Å². The van der Waals surface area contributed by atoms with Gasteiger partial charge in [0.05, 0.1) is 26.4 Å². The molecule has 0 spiro atoms. The van der Waals surface area contributed by atoms with Crippen LogP contribution in [0.15, 0.2) is 0 Å². The van der Waals surface area contributed by atoms with E-state index >= 15 is 0 Å². The number of aliphatic hydroxyl groups excluding tert-OH is 3. The van der Waals surface area contributed by atoms with Gasteiger partial charge in [0, 0.05) is 13.2 Å². The third-order valence-electron chi connectivity index (χ3n) is 4.28. The Labute approximate surface area is 198 Å². The van der Waals surface area contributed by atoms with E-state index < -0.39 is 16.5 Å². The van der Waals surface area contributed by atoms with Crippen LogP contribution in [0.1, 0.15) is 105 Å². The van der Waals surface area contributed by atoms with Crippen LogP contribution >= 0.6 is 0 Å². The fourth-order valence-electron chi connectivity index (χ4n) is 2.38. The van der Waals surface area contributed by atoms with Crippen molar-refractivity contribution < 1.29 is 36.8 Å². The van der Waals surface area contributed by atoms with Gasteiger partial charge < -0.3 is 20.1 Å². The molecule has 0 aliphatic heterocycles. The van der Waals surface area contributed by atoms with E-state index in [1.165, 1.54) is 38.5 Å². The fourth-order valence-corrected chi connectivity index (χ4v) is 3.09. The van der Waals surface area contributed by atoms with Crippen LogP contribution in [0, 0.1) is 0 Å². The highest BCUT2D eigenvalue weighted by molar-refractivity contribution is 7.81. The summed E-state index contributed by atoms with van der Waals surface area (Å²) in [6.45, 7) is 9.77. The lowest BCUT2D eigenvalue weighted by molar-refractivity contribution is 0.0450. The third kappa shape index (κ3) is 37.0. The zero-order valence-corrected chi connectivity index (χ0v) is 21.9. The number of aliphatic hydroxyl groups is 3. The number of ether oxygens (including phenoxy) is 1. The van der Waals surface area contributed by atoms with Crippen molar-refractivity contribution in [2.75, 3.05) is 39.6 Å². The zero-order valence-electron chi connectivity index (χ0n) is 21.1. The van der Waals surface area contributed by atoms with Gasteiger partial charge in [-0.3, -0.25) is 0 Å².